The lowest BCUT2D eigenvalue weighted by Crippen LogP contribution is -2.43. The van der Waals surface area contributed by atoms with Crippen LogP contribution in [0.5, 0.6) is 0 Å². The van der Waals surface area contributed by atoms with Gasteiger partial charge in [-0.15, -0.1) is 0 Å². The Morgan fingerprint density at radius 3 is 2.47 bits per heavy atom. The van der Waals surface area contributed by atoms with E-state index in [4.69, 9.17) is 0 Å². The van der Waals surface area contributed by atoms with Crippen molar-refractivity contribution in [2.24, 2.45) is 0 Å². The maximum Gasteiger partial charge on any atom is 0.251 e. The number of carbonyl (C=O) groups excluding carboxylic acids is 1. The van der Waals surface area contributed by atoms with E-state index in [1.54, 1.807) is 0 Å². The Morgan fingerprint density at radius 1 is 1.21 bits per heavy atom. The average Bonchev–Trinajstić information content (AvgIpc) is 2.39. The van der Waals surface area contributed by atoms with Crippen molar-refractivity contribution in [1.82, 2.24) is 10.6 Å². The number of hydrogen-bond acceptors (Lipinski definition) is 2. The molecule has 3 nitrogen and oxygen atoms in total. The highest BCUT2D eigenvalue weighted by Gasteiger charge is 2.23. The summed E-state index contributed by atoms with van der Waals surface area (Å²) in [6.45, 7) is 8.41. The molecule has 0 aliphatic carbocycles. The first kappa shape index (κ1) is 14.1. The molecule has 1 aliphatic rings. The molecule has 1 amide bonds. The summed E-state index contributed by atoms with van der Waals surface area (Å²) < 4.78 is 0. The Morgan fingerprint density at radius 2 is 1.84 bits per heavy atom. The lowest BCUT2D eigenvalue weighted by Gasteiger charge is -2.26. The number of piperidine rings is 1. The molecule has 1 aliphatic heterocycles. The molecule has 2 rings (SSSR count). The molecule has 2 N–H and O–H groups in total. The minimum absolute atomic E-state index is 0.0119. The average molecular weight is 260 g/mol. The van der Waals surface area contributed by atoms with Crippen molar-refractivity contribution in [2.45, 2.75) is 45.1 Å². The minimum Gasteiger partial charge on any atom is -0.349 e. The molecular formula is C16H24N2O. The largest absolute Gasteiger partial charge is 0.349 e. The molecule has 1 aromatic carbocycles. The Kier molecular flexibility index (Phi) is 4.25. The van der Waals surface area contributed by atoms with E-state index >= 15 is 0 Å². The Hall–Kier alpha value is -1.35. The third-order valence-corrected chi connectivity index (χ3v) is 3.65. The highest BCUT2D eigenvalue weighted by atomic mass is 16.1. The summed E-state index contributed by atoms with van der Waals surface area (Å²) in [5.74, 6) is 0.0671. The second kappa shape index (κ2) is 5.74. The minimum atomic E-state index is -0.0119. The summed E-state index contributed by atoms with van der Waals surface area (Å²) in [5.41, 5.74) is 1.91. The maximum atomic E-state index is 12.4. The fourth-order valence-electron chi connectivity index (χ4n) is 2.56. The molecular weight excluding hydrogens is 236 g/mol. The van der Waals surface area contributed by atoms with Gasteiger partial charge in [0.05, 0.1) is 0 Å². The van der Waals surface area contributed by atoms with Gasteiger partial charge in [0.1, 0.15) is 0 Å². The van der Waals surface area contributed by atoms with E-state index in [9.17, 15) is 4.79 Å². The number of hydrogen-bond donors (Lipinski definition) is 2. The third-order valence-electron chi connectivity index (χ3n) is 3.65. The van der Waals surface area contributed by atoms with Crippen LogP contribution in [0.3, 0.4) is 0 Å². The van der Waals surface area contributed by atoms with Gasteiger partial charge >= 0.3 is 0 Å². The summed E-state index contributed by atoms with van der Waals surface area (Å²) in [7, 11) is 0. The van der Waals surface area contributed by atoms with Crippen molar-refractivity contribution in [1.29, 1.82) is 0 Å². The Labute approximate surface area is 115 Å². The first-order valence-electron chi connectivity index (χ1n) is 7.09. The molecule has 104 valence electrons. The van der Waals surface area contributed by atoms with Crippen LogP contribution in [0.1, 0.15) is 49.5 Å². The Bertz CT molecular complexity index is 442. The van der Waals surface area contributed by atoms with Crippen LogP contribution in [0.2, 0.25) is 0 Å². The van der Waals surface area contributed by atoms with Crippen molar-refractivity contribution in [2.75, 3.05) is 13.1 Å². The zero-order chi connectivity index (χ0) is 13.9. The number of amides is 1. The van der Waals surface area contributed by atoms with Gasteiger partial charge in [0.25, 0.3) is 5.91 Å². The van der Waals surface area contributed by atoms with Crippen LogP contribution in [0, 0.1) is 0 Å². The van der Waals surface area contributed by atoms with Gasteiger partial charge in [0.15, 0.2) is 0 Å². The summed E-state index contributed by atoms with van der Waals surface area (Å²) in [4.78, 5) is 12.4. The molecule has 1 aromatic rings. The molecule has 1 saturated heterocycles. The summed E-state index contributed by atoms with van der Waals surface area (Å²) in [6, 6.07) is 8.23. The number of carbonyl (C=O) groups is 1. The van der Waals surface area contributed by atoms with Gasteiger partial charge < -0.3 is 10.6 Å². The van der Waals surface area contributed by atoms with Gasteiger partial charge in [-0.3, -0.25) is 4.79 Å². The molecule has 0 atom stereocenters. The van der Waals surface area contributed by atoms with E-state index < -0.39 is 0 Å². The van der Waals surface area contributed by atoms with Gasteiger partial charge in [0.2, 0.25) is 0 Å². The molecule has 0 saturated carbocycles. The molecule has 1 heterocycles. The van der Waals surface area contributed by atoms with Crippen LogP contribution in [0.4, 0.5) is 0 Å². The summed E-state index contributed by atoms with van der Waals surface area (Å²) >= 11 is 0. The van der Waals surface area contributed by atoms with Crippen LogP contribution >= 0.6 is 0 Å². The number of benzene rings is 1. The van der Waals surface area contributed by atoms with Crippen LogP contribution in [0.25, 0.3) is 0 Å². The first-order chi connectivity index (χ1) is 8.98. The standard InChI is InChI=1S/C16H24N2O/c1-16(2,3)14-7-5-4-6-13(14)15(19)18-12-8-10-17-11-9-12/h4-7,12,17H,8-11H2,1-3H3,(H,18,19). The fraction of sp³-hybridized carbons (Fsp3) is 0.562. The van der Waals surface area contributed by atoms with Crippen LogP contribution in [-0.2, 0) is 5.41 Å². The molecule has 19 heavy (non-hydrogen) atoms. The van der Waals surface area contributed by atoms with Crippen LogP contribution in [0.15, 0.2) is 24.3 Å². The Balaban J connectivity index is 2.14. The van der Waals surface area contributed by atoms with Crippen molar-refractivity contribution in [3.05, 3.63) is 35.4 Å². The molecule has 0 spiro atoms. The summed E-state index contributed by atoms with van der Waals surface area (Å²) in [5, 5.41) is 6.48. The predicted molar refractivity (Wildman–Crippen MR) is 78.5 cm³/mol. The lowest BCUT2D eigenvalue weighted by molar-refractivity contribution is 0.0927. The number of nitrogens with one attached hydrogen (secondary N) is 2. The monoisotopic (exact) mass is 260 g/mol. The summed E-state index contributed by atoms with van der Waals surface area (Å²) in [6.07, 6.45) is 2.03. The van der Waals surface area contributed by atoms with Gasteiger partial charge in [-0.25, -0.2) is 0 Å². The van der Waals surface area contributed by atoms with E-state index in [-0.39, 0.29) is 11.3 Å². The quantitative estimate of drug-likeness (QED) is 0.857. The van der Waals surface area contributed by atoms with E-state index in [0.717, 1.165) is 37.1 Å². The second-order valence-corrected chi connectivity index (χ2v) is 6.29. The van der Waals surface area contributed by atoms with Crippen LogP contribution in [-0.4, -0.2) is 25.0 Å². The normalized spacial score (nSPS) is 17.2. The zero-order valence-corrected chi connectivity index (χ0v) is 12.1. The highest BCUT2D eigenvalue weighted by Crippen LogP contribution is 2.25. The van der Waals surface area contributed by atoms with Crippen molar-refractivity contribution < 1.29 is 4.79 Å². The topological polar surface area (TPSA) is 41.1 Å². The lowest BCUT2D eigenvalue weighted by atomic mass is 9.83. The number of rotatable bonds is 2. The van der Waals surface area contributed by atoms with Gasteiger partial charge in [-0.2, -0.15) is 0 Å². The fourth-order valence-corrected chi connectivity index (χ4v) is 2.56. The maximum absolute atomic E-state index is 12.4. The van der Waals surface area contributed by atoms with E-state index in [0.29, 0.717) is 6.04 Å². The van der Waals surface area contributed by atoms with Crippen molar-refractivity contribution in [3.63, 3.8) is 0 Å². The smallest absolute Gasteiger partial charge is 0.251 e. The van der Waals surface area contributed by atoms with Crippen molar-refractivity contribution in [3.8, 4) is 0 Å². The SMILES string of the molecule is CC(C)(C)c1ccccc1C(=O)NC1CCNCC1. The molecule has 3 heteroatoms. The molecule has 0 radical (unpaired) electrons. The molecule has 0 bridgehead atoms. The highest BCUT2D eigenvalue weighted by molar-refractivity contribution is 5.96. The molecule has 1 fully saturated rings. The van der Waals surface area contributed by atoms with Crippen molar-refractivity contribution >= 4 is 5.91 Å². The molecule has 0 unspecified atom stereocenters. The van der Waals surface area contributed by atoms with Gasteiger partial charge in [-0.05, 0) is 43.0 Å². The predicted octanol–water partition coefficient (Wildman–Crippen LogP) is 2.47. The van der Waals surface area contributed by atoms with E-state index in [1.807, 2.05) is 18.2 Å². The zero-order valence-electron chi connectivity index (χ0n) is 12.1. The van der Waals surface area contributed by atoms with Gasteiger partial charge in [-0.1, -0.05) is 39.0 Å². The second-order valence-electron chi connectivity index (χ2n) is 6.29. The van der Waals surface area contributed by atoms with Crippen LogP contribution < -0.4 is 10.6 Å². The molecule has 0 aromatic heterocycles. The van der Waals surface area contributed by atoms with Gasteiger partial charge in [0, 0.05) is 11.6 Å². The van der Waals surface area contributed by atoms with E-state index in [1.165, 1.54) is 0 Å². The first-order valence-corrected chi connectivity index (χ1v) is 7.09. The van der Waals surface area contributed by atoms with E-state index in [2.05, 4.69) is 37.5 Å². The third kappa shape index (κ3) is 3.57.